The number of aromatic nitrogens is 2. The fraction of sp³-hybridized carbons (Fsp3) is 0.190. The van der Waals surface area contributed by atoms with Crippen LogP contribution in [0.4, 0.5) is 0 Å². The lowest BCUT2D eigenvalue weighted by Crippen LogP contribution is -2.26. The maximum Gasteiger partial charge on any atom is 0.254 e. The van der Waals surface area contributed by atoms with Crippen LogP contribution in [0.15, 0.2) is 67.0 Å². The largest absolute Gasteiger partial charge is 0.351 e. The first-order valence-corrected chi connectivity index (χ1v) is 9.67. The van der Waals surface area contributed by atoms with Crippen LogP contribution in [0.5, 0.6) is 0 Å². The van der Waals surface area contributed by atoms with Crippen LogP contribution in [0, 0.1) is 6.92 Å². The van der Waals surface area contributed by atoms with Gasteiger partial charge in [-0.3, -0.25) is 4.79 Å². The van der Waals surface area contributed by atoms with Crippen molar-refractivity contribution in [3.8, 4) is 11.4 Å². The molecule has 26 heavy (non-hydrogen) atoms. The van der Waals surface area contributed by atoms with Gasteiger partial charge < -0.3 is 5.32 Å². The average Bonchev–Trinajstić information content (AvgIpc) is 2.70. The van der Waals surface area contributed by atoms with Gasteiger partial charge in [-0.15, -0.1) is 0 Å². The number of aryl methyl sites for hydroxylation is 1. The summed E-state index contributed by atoms with van der Waals surface area (Å²) in [5.74, 6) is 2.30. The molecule has 4 nitrogen and oxygen atoms in total. The van der Waals surface area contributed by atoms with Gasteiger partial charge in [-0.05, 0) is 12.5 Å². The maximum absolute atomic E-state index is 12.2. The predicted molar refractivity (Wildman–Crippen MR) is 107 cm³/mol. The summed E-state index contributed by atoms with van der Waals surface area (Å²) in [5.41, 5.74) is 3.99. The highest BCUT2D eigenvalue weighted by Gasteiger charge is 2.07. The molecule has 0 spiro atoms. The number of nitrogens with one attached hydrogen (secondary N) is 1. The molecule has 0 aliphatic rings. The van der Waals surface area contributed by atoms with Gasteiger partial charge in [-0.1, -0.05) is 60.2 Å². The van der Waals surface area contributed by atoms with Crippen molar-refractivity contribution >= 4 is 17.7 Å². The van der Waals surface area contributed by atoms with Crippen LogP contribution in [-0.2, 0) is 5.75 Å². The normalized spacial score (nSPS) is 10.5. The molecule has 3 rings (SSSR count). The van der Waals surface area contributed by atoms with E-state index in [1.807, 2.05) is 30.3 Å². The van der Waals surface area contributed by atoms with Crippen LogP contribution in [0.25, 0.3) is 11.4 Å². The summed E-state index contributed by atoms with van der Waals surface area (Å²) in [5, 5.41) is 2.91. The number of hydrogen-bond donors (Lipinski definition) is 1. The number of thioether (sulfide) groups is 1. The standard InChI is InChI=1S/C21H21N3OS/c1-16-7-9-17(10-8-16)15-26-12-11-22-21(25)19-13-23-20(24-14-19)18-5-3-2-4-6-18/h2-10,13-14H,11-12,15H2,1H3,(H,22,25). The first-order chi connectivity index (χ1) is 12.7. The van der Waals surface area contributed by atoms with Crippen molar-refractivity contribution in [3.05, 3.63) is 83.7 Å². The van der Waals surface area contributed by atoms with E-state index in [1.54, 1.807) is 24.2 Å². The van der Waals surface area contributed by atoms with Crippen molar-refractivity contribution in [1.82, 2.24) is 15.3 Å². The lowest BCUT2D eigenvalue weighted by atomic mass is 10.2. The molecule has 3 aromatic rings. The van der Waals surface area contributed by atoms with Gasteiger partial charge in [-0.25, -0.2) is 9.97 Å². The van der Waals surface area contributed by atoms with E-state index in [9.17, 15) is 4.79 Å². The van der Waals surface area contributed by atoms with Crippen LogP contribution < -0.4 is 5.32 Å². The topological polar surface area (TPSA) is 54.9 Å². The Bertz CT molecular complexity index is 833. The lowest BCUT2D eigenvalue weighted by Gasteiger charge is -2.06. The van der Waals surface area contributed by atoms with Crippen molar-refractivity contribution in [1.29, 1.82) is 0 Å². The summed E-state index contributed by atoms with van der Waals surface area (Å²) >= 11 is 1.80. The minimum atomic E-state index is -0.138. The highest BCUT2D eigenvalue weighted by molar-refractivity contribution is 7.98. The SMILES string of the molecule is Cc1ccc(CSCCNC(=O)c2cnc(-c3ccccc3)nc2)cc1. The number of nitrogens with zero attached hydrogens (tertiary/aromatic N) is 2. The van der Waals surface area contributed by atoms with Crippen molar-refractivity contribution < 1.29 is 4.79 Å². The minimum absolute atomic E-state index is 0.138. The second-order valence-electron chi connectivity index (χ2n) is 5.96. The van der Waals surface area contributed by atoms with E-state index in [-0.39, 0.29) is 5.91 Å². The molecule has 0 bridgehead atoms. The van der Waals surface area contributed by atoms with Gasteiger partial charge in [0.1, 0.15) is 0 Å². The van der Waals surface area contributed by atoms with Gasteiger partial charge in [0.15, 0.2) is 5.82 Å². The molecule has 1 heterocycles. The first-order valence-electron chi connectivity index (χ1n) is 8.51. The maximum atomic E-state index is 12.2. The quantitative estimate of drug-likeness (QED) is 0.642. The van der Waals surface area contributed by atoms with E-state index in [0.717, 1.165) is 17.1 Å². The van der Waals surface area contributed by atoms with Gasteiger partial charge >= 0.3 is 0 Å². The lowest BCUT2D eigenvalue weighted by molar-refractivity contribution is 0.0955. The Balaban J connectivity index is 1.42. The zero-order chi connectivity index (χ0) is 18.2. The zero-order valence-corrected chi connectivity index (χ0v) is 15.5. The van der Waals surface area contributed by atoms with Gasteiger partial charge in [0.25, 0.3) is 5.91 Å². The molecule has 0 radical (unpaired) electrons. The summed E-state index contributed by atoms with van der Waals surface area (Å²) in [6, 6.07) is 18.2. The average molecular weight is 363 g/mol. The van der Waals surface area contributed by atoms with Crippen molar-refractivity contribution in [2.75, 3.05) is 12.3 Å². The highest BCUT2D eigenvalue weighted by atomic mass is 32.2. The van der Waals surface area contributed by atoms with E-state index in [2.05, 4.69) is 46.5 Å². The summed E-state index contributed by atoms with van der Waals surface area (Å²) in [6.45, 7) is 2.71. The van der Waals surface area contributed by atoms with E-state index in [1.165, 1.54) is 11.1 Å². The van der Waals surface area contributed by atoms with Crippen molar-refractivity contribution in [3.63, 3.8) is 0 Å². The summed E-state index contributed by atoms with van der Waals surface area (Å²) in [4.78, 5) is 20.7. The van der Waals surface area contributed by atoms with Crippen LogP contribution in [0.1, 0.15) is 21.5 Å². The second-order valence-corrected chi connectivity index (χ2v) is 7.06. The third-order valence-corrected chi connectivity index (χ3v) is 4.90. The van der Waals surface area contributed by atoms with Gasteiger partial charge in [0, 0.05) is 36.0 Å². The van der Waals surface area contributed by atoms with Gasteiger partial charge in [0.2, 0.25) is 0 Å². The number of carbonyl (C=O) groups excluding carboxylic acids is 1. The summed E-state index contributed by atoms with van der Waals surface area (Å²) < 4.78 is 0. The number of rotatable bonds is 7. The Hall–Kier alpha value is -2.66. The molecular formula is C21H21N3OS. The molecule has 132 valence electrons. The van der Waals surface area contributed by atoms with Gasteiger partial charge in [0.05, 0.1) is 5.56 Å². The molecule has 0 saturated carbocycles. The highest BCUT2D eigenvalue weighted by Crippen LogP contribution is 2.14. The molecule has 0 aliphatic heterocycles. The Kier molecular flexibility index (Phi) is 6.39. The van der Waals surface area contributed by atoms with E-state index >= 15 is 0 Å². The van der Waals surface area contributed by atoms with Crippen molar-refractivity contribution in [2.24, 2.45) is 0 Å². The van der Waals surface area contributed by atoms with Crippen LogP contribution >= 0.6 is 11.8 Å². The molecular weight excluding hydrogens is 342 g/mol. The summed E-state index contributed by atoms with van der Waals surface area (Å²) in [7, 11) is 0. The van der Waals surface area contributed by atoms with E-state index < -0.39 is 0 Å². The molecule has 1 aromatic heterocycles. The van der Waals surface area contributed by atoms with Crippen LogP contribution in [0.2, 0.25) is 0 Å². The zero-order valence-electron chi connectivity index (χ0n) is 14.7. The third-order valence-electron chi connectivity index (χ3n) is 3.87. The van der Waals surface area contributed by atoms with Crippen LogP contribution in [-0.4, -0.2) is 28.2 Å². The fourth-order valence-corrected chi connectivity index (χ4v) is 3.21. The smallest absolute Gasteiger partial charge is 0.254 e. The molecule has 0 fully saturated rings. The molecule has 5 heteroatoms. The predicted octanol–water partition coefficient (Wildman–Crippen LogP) is 4.12. The number of amides is 1. The fourth-order valence-electron chi connectivity index (χ4n) is 2.39. The van der Waals surface area contributed by atoms with Gasteiger partial charge in [-0.2, -0.15) is 11.8 Å². The number of hydrogen-bond acceptors (Lipinski definition) is 4. The molecule has 0 aliphatic carbocycles. The first kappa shape index (κ1) is 18.1. The third kappa shape index (κ3) is 5.17. The second kappa shape index (κ2) is 9.15. The Morgan fingerprint density at radius 1 is 1.00 bits per heavy atom. The van der Waals surface area contributed by atoms with Crippen molar-refractivity contribution in [2.45, 2.75) is 12.7 Å². The van der Waals surface area contributed by atoms with E-state index in [0.29, 0.717) is 17.9 Å². The Labute approximate surface area is 158 Å². The number of carbonyl (C=O) groups is 1. The molecule has 2 aromatic carbocycles. The van der Waals surface area contributed by atoms with E-state index in [4.69, 9.17) is 0 Å². The molecule has 0 atom stereocenters. The molecule has 0 unspecified atom stereocenters. The summed E-state index contributed by atoms with van der Waals surface area (Å²) in [6.07, 6.45) is 3.15. The molecule has 1 N–H and O–H groups in total. The molecule has 0 saturated heterocycles. The molecule has 1 amide bonds. The Morgan fingerprint density at radius 2 is 1.69 bits per heavy atom. The Morgan fingerprint density at radius 3 is 2.38 bits per heavy atom. The number of benzene rings is 2. The monoisotopic (exact) mass is 363 g/mol. The van der Waals surface area contributed by atoms with Crippen LogP contribution in [0.3, 0.4) is 0 Å². The minimum Gasteiger partial charge on any atom is -0.351 e.